The van der Waals surface area contributed by atoms with Crippen LogP contribution in [0.3, 0.4) is 0 Å². The second-order valence-electron chi connectivity index (χ2n) is 1.79. The summed E-state index contributed by atoms with van der Waals surface area (Å²) in [5.74, 6) is 5.53. The Kier molecular flexibility index (Phi) is 2.09. The Morgan fingerprint density at radius 3 is 2.30 bits per heavy atom. The standard InChI is InChI=1S/C6H9N3O/c7-5-1-3-6(4-2-5)10-9-8/h1-4,9H,7-8H2. The molecule has 5 N–H and O–H groups in total. The fourth-order valence-corrected chi connectivity index (χ4v) is 0.604. The van der Waals surface area contributed by atoms with Crippen LogP contribution >= 0.6 is 0 Å². The third-order valence-electron chi connectivity index (χ3n) is 1.06. The van der Waals surface area contributed by atoms with Crippen LogP contribution < -0.4 is 22.0 Å². The number of hydrogen-bond acceptors (Lipinski definition) is 4. The number of nitrogens with two attached hydrogens (primary N) is 2. The summed E-state index contributed by atoms with van der Waals surface area (Å²) in [5, 5.41) is 0. The Balaban J connectivity index is 2.69. The molecule has 0 amide bonds. The molecule has 0 spiro atoms. The van der Waals surface area contributed by atoms with Gasteiger partial charge in [-0.1, -0.05) is 5.59 Å². The van der Waals surface area contributed by atoms with Gasteiger partial charge >= 0.3 is 0 Å². The van der Waals surface area contributed by atoms with Crippen molar-refractivity contribution in [3.05, 3.63) is 24.3 Å². The molecule has 10 heavy (non-hydrogen) atoms. The minimum atomic E-state index is 0.636. The van der Waals surface area contributed by atoms with Crippen molar-refractivity contribution in [1.29, 1.82) is 0 Å². The molecule has 0 saturated carbocycles. The zero-order valence-corrected chi connectivity index (χ0v) is 5.37. The lowest BCUT2D eigenvalue weighted by Crippen LogP contribution is -2.25. The lowest BCUT2D eigenvalue weighted by molar-refractivity contribution is 0.199. The summed E-state index contributed by atoms with van der Waals surface area (Å²) in [6.07, 6.45) is 0. The number of anilines is 1. The van der Waals surface area contributed by atoms with Gasteiger partial charge in [-0.15, -0.1) is 0 Å². The lowest BCUT2D eigenvalue weighted by atomic mass is 10.3. The minimum Gasteiger partial charge on any atom is -0.399 e. The molecule has 4 nitrogen and oxygen atoms in total. The fraction of sp³-hybridized carbons (Fsp3) is 0. The summed E-state index contributed by atoms with van der Waals surface area (Å²) < 4.78 is 0. The average Bonchev–Trinajstić information content (AvgIpc) is 1.95. The summed E-state index contributed by atoms with van der Waals surface area (Å²) in [7, 11) is 0. The second kappa shape index (κ2) is 3.05. The molecule has 4 heteroatoms. The summed E-state index contributed by atoms with van der Waals surface area (Å²) in [5.41, 5.74) is 8.18. The van der Waals surface area contributed by atoms with Crippen molar-refractivity contribution in [2.45, 2.75) is 0 Å². The third kappa shape index (κ3) is 1.61. The molecular weight excluding hydrogens is 130 g/mol. The van der Waals surface area contributed by atoms with Crippen LogP contribution in [0.15, 0.2) is 24.3 Å². The van der Waals surface area contributed by atoms with E-state index in [9.17, 15) is 0 Å². The molecule has 1 aromatic carbocycles. The predicted molar refractivity (Wildman–Crippen MR) is 38.8 cm³/mol. The van der Waals surface area contributed by atoms with Crippen molar-refractivity contribution >= 4 is 5.69 Å². The van der Waals surface area contributed by atoms with Crippen LogP contribution in [0.2, 0.25) is 0 Å². The summed E-state index contributed by atoms with van der Waals surface area (Å²) >= 11 is 0. The Bertz CT molecular complexity index is 197. The molecule has 0 aliphatic carbocycles. The van der Waals surface area contributed by atoms with Gasteiger partial charge in [0.05, 0.1) is 0 Å². The highest BCUT2D eigenvalue weighted by Gasteiger charge is 1.88. The molecule has 0 saturated heterocycles. The van der Waals surface area contributed by atoms with Crippen molar-refractivity contribution in [3.8, 4) is 5.75 Å². The van der Waals surface area contributed by atoms with Crippen LogP contribution in [-0.4, -0.2) is 0 Å². The van der Waals surface area contributed by atoms with Crippen LogP contribution in [0, 0.1) is 0 Å². The van der Waals surface area contributed by atoms with E-state index in [1.165, 1.54) is 0 Å². The van der Waals surface area contributed by atoms with E-state index >= 15 is 0 Å². The van der Waals surface area contributed by atoms with Crippen molar-refractivity contribution < 1.29 is 4.84 Å². The van der Waals surface area contributed by atoms with E-state index in [0.717, 1.165) is 0 Å². The number of nitrogen functional groups attached to an aromatic ring is 1. The molecule has 1 aromatic rings. The molecule has 0 fully saturated rings. The number of hydrogen-bond donors (Lipinski definition) is 3. The molecule has 0 radical (unpaired) electrons. The Morgan fingerprint density at radius 1 is 1.20 bits per heavy atom. The molecule has 0 heterocycles. The first-order chi connectivity index (χ1) is 4.83. The maximum Gasteiger partial charge on any atom is 0.149 e. The molecule has 0 aliphatic rings. The molecule has 1 rings (SSSR count). The Morgan fingerprint density at radius 2 is 1.80 bits per heavy atom. The van der Waals surface area contributed by atoms with E-state index in [4.69, 9.17) is 16.4 Å². The zero-order valence-electron chi connectivity index (χ0n) is 5.37. The zero-order chi connectivity index (χ0) is 7.40. The van der Waals surface area contributed by atoms with Crippen molar-refractivity contribution in [2.24, 2.45) is 5.84 Å². The lowest BCUT2D eigenvalue weighted by Gasteiger charge is -2.00. The first-order valence-corrected chi connectivity index (χ1v) is 2.81. The number of hydrazine groups is 1. The van der Waals surface area contributed by atoms with Crippen LogP contribution in [0.25, 0.3) is 0 Å². The van der Waals surface area contributed by atoms with Gasteiger partial charge in [0.25, 0.3) is 0 Å². The van der Waals surface area contributed by atoms with Crippen LogP contribution in [0.1, 0.15) is 0 Å². The van der Waals surface area contributed by atoms with E-state index in [1.807, 2.05) is 0 Å². The molecule has 0 bridgehead atoms. The van der Waals surface area contributed by atoms with E-state index in [1.54, 1.807) is 24.3 Å². The van der Waals surface area contributed by atoms with Crippen molar-refractivity contribution in [1.82, 2.24) is 5.59 Å². The van der Waals surface area contributed by atoms with Crippen molar-refractivity contribution in [3.63, 3.8) is 0 Å². The van der Waals surface area contributed by atoms with Gasteiger partial charge in [-0.3, -0.25) is 0 Å². The van der Waals surface area contributed by atoms with Gasteiger partial charge in [-0.2, -0.15) is 0 Å². The maximum atomic E-state index is 5.42. The van der Waals surface area contributed by atoms with Gasteiger partial charge < -0.3 is 10.6 Å². The monoisotopic (exact) mass is 139 g/mol. The Hall–Kier alpha value is -1.26. The highest BCUT2D eigenvalue weighted by molar-refractivity contribution is 5.41. The largest absolute Gasteiger partial charge is 0.399 e. The van der Waals surface area contributed by atoms with Crippen LogP contribution in [0.4, 0.5) is 5.69 Å². The molecule has 0 aromatic heterocycles. The molecule has 0 unspecified atom stereocenters. The smallest absolute Gasteiger partial charge is 0.149 e. The molecule has 54 valence electrons. The van der Waals surface area contributed by atoms with Crippen molar-refractivity contribution in [2.75, 3.05) is 5.73 Å². The fourth-order valence-electron chi connectivity index (χ4n) is 0.604. The van der Waals surface area contributed by atoms with E-state index in [-0.39, 0.29) is 0 Å². The first kappa shape index (κ1) is 6.85. The van der Waals surface area contributed by atoms with Crippen LogP contribution in [-0.2, 0) is 0 Å². The number of nitrogens with one attached hydrogen (secondary N) is 1. The van der Waals surface area contributed by atoms with Gasteiger partial charge in [0.15, 0.2) is 0 Å². The van der Waals surface area contributed by atoms with E-state index in [0.29, 0.717) is 11.4 Å². The van der Waals surface area contributed by atoms with Gasteiger partial charge in [0.2, 0.25) is 0 Å². The average molecular weight is 139 g/mol. The van der Waals surface area contributed by atoms with Gasteiger partial charge in [0.1, 0.15) is 5.75 Å². The topological polar surface area (TPSA) is 73.3 Å². The van der Waals surface area contributed by atoms with Gasteiger partial charge in [0, 0.05) is 5.69 Å². The SMILES string of the molecule is NNOc1ccc(N)cc1. The molecule has 0 aliphatic heterocycles. The number of benzene rings is 1. The predicted octanol–water partition coefficient (Wildman–Crippen LogP) is 0.0259. The van der Waals surface area contributed by atoms with Crippen LogP contribution in [0.5, 0.6) is 5.75 Å². The quantitative estimate of drug-likeness (QED) is 0.307. The summed E-state index contributed by atoms with van der Waals surface area (Å²) in [4.78, 5) is 4.73. The third-order valence-corrected chi connectivity index (χ3v) is 1.06. The van der Waals surface area contributed by atoms with E-state index in [2.05, 4.69) is 5.59 Å². The van der Waals surface area contributed by atoms with E-state index < -0.39 is 0 Å². The normalized spacial score (nSPS) is 9.30. The number of rotatable bonds is 2. The minimum absolute atomic E-state index is 0.636. The first-order valence-electron chi connectivity index (χ1n) is 2.81. The molecule has 0 atom stereocenters. The highest BCUT2D eigenvalue weighted by atomic mass is 16.7. The summed E-state index contributed by atoms with van der Waals surface area (Å²) in [6.45, 7) is 0. The molecular formula is C6H9N3O. The Labute approximate surface area is 58.7 Å². The van der Waals surface area contributed by atoms with Gasteiger partial charge in [-0.25, -0.2) is 5.84 Å². The highest BCUT2D eigenvalue weighted by Crippen LogP contribution is 2.11. The maximum absolute atomic E-state index is 5.42. The summed E-state index contributed by atoms with van der Waals surface area (Å²) in [6, 6.07) is 6.89. The second-order valence-corrected chi connectivity index (χ2v) is 1.79. The van der Waals surface area contributed by atoms with Gasteiger partial charge in [-0.05, 0) is 24.3 Å².